The van der Waals surface area contributed by atoms with Gasteiger partial charge in [0.05, 0.1) is 6.42 Å². The first-order chi connectivity index (χ1) is 9.91. The molecule has 0 spiro atoms. The van der Waals surface area contributed by atoms with Gasteiger partial charge in [0.25, 0.3) is 5.56 Å². The molecule has 0 aliphatic carbocycles. The Bertz CT molecular complexity index is 551. The topological polar surface area (TPSA) is 79.6 Å². The molecule has 0 unspecified atom stereocenters. The number of aryl methyl sites for hydroxylation is 2. The van der Waals surface area contributed by atoms with Crippen LogP contribution in [0.3, 0.4) is 0 Å². The number of carbonyl (C=O) groups excluding carboxylic acids is 1. The fourth-order valence-electron chi connectivity index (χ4n) is 1.97. The van der Waals surface area contributed by atoms with Crippen LogP contribution in [0.15, 0.2) is 23.1 Å². The van der Waals surface area contributed by atoms with E-state index in [9.17, 15) is 14.4 Å². The lowest BCUT2D eigenvalue weighted by Gasteiger charge is -2.15. The van der Waals surface area contributed by atoms with Gasteiger partial charge < -0.3 is 14.6 Å². The second-order valence-electron chi connectivity index (χ2n) is 5.11. The number of nitrogens with zero attached hydrogens (tertiary/aromatic N) is 2. The van der Waals surface area contributed by atoms with Gasteiger partial charge in [-0.1, -0.05) is 6.07 Å². The maximum atomic E-state index is 11.8. The Hall–Kier alpha value is -2.11. The van der Waals surface area contributed by atoms with Crippen molar-refractivity contribution in [3.05, 3.63) is 34.2 Å². The number of hydrogen-bond donors (Lipinski definition) is 1. The molecule has 6 nitrogen and oxygen atoms in total. The van der Waals surface area contributed by atoms with E-state index in [-0.39, 0.29) is 24.4 Å². The lowest BCUT2D eigenvalue weighted by molar-refractivity contribution is -0.138. The molecule has 0 fully saturated rings. The average molecular weight is 294 g/mol. The van der Waals surface area contributed by atoms with Gasteiger partial charge in [-0.05, 0) is 25.8 Å². The van der Waals surface area contributed by atoms with Crippen molar-refractivity contribution in [3.63, 3.8) is 0 Å². The summed E-state index contributed by atoms with van der Waals surface area (Å²) in [7, 11) is 1.61. The lowest BCUT2D eigenvalue weighted by Crippen LogP contribution is -2.28. The molecule has 0 saturated carbocycles. The van der Waals surface area contributed by atoms with Crippen LogP contribution in [0.1, 0.15) is 31.2 Å². The molecule has 1 amide bonds. The Labute approximate surface area is 124 Å². The van der Waals surface area contributed by atoms with Crippen molar-refractivity contribution in [1.29, 1.82) is 0 Å². The van der Waals surface area contributed by atoms with Crippen molar-refractivity contribution in [2.45, 2.75) is 39.2 Å². The first kappa shape index (κ1) is 16.9. The van der Waals surface area contributed by atoms with Crippen LogP contribution in [0.25, 0.3) is 0 Å². The van der Waals surface area contributed by atoms with Crippen LogP contribution in [0, 0.1) is 6.92 Å². The van der Waals surface area contributed by atoms with E-state index in [0.29, 0.717) is 24.9 Å². The van der Waals surface area contributed by atoms with Crippen LogP contribution in [-0.4, -0.2) is 40.0 Å². The Morgan fingerprint density at radius 2 is 2.00 bits per heavy atom. The lowest BCUT2D eigenvalue weighted by atomic mass is 10.2. The van der Waals surface area contributed by atoms with E-state index in [2.05, 4.69) is 0 Å². The highest BCUT2D eigenvalue weighted by molar-refractivity contribution is 5.76. The Kier molecular flexibility index (Phi) is 6.65. The van der Waals surface area contributed by atoms with Crippen molar-refractivity contribution in [1.82, 2.24) is 9.47 Å². The van der Waals surface area contributed by atoms with Gasteiger partial charge in [0.1, 0.15) is 0 Å². The van der Waals surface area contributed by atoms with Gasteiger partial charge in [0, 0.05) is 38.3 Å². The van der Waals surface area contributed by atoms with Gasteiger partial charge >= 0.3 is 5.97 Å². The van der Waals surface area contributed by atoms with E-state index < -0.39 is 5.97 Å². The fourth-order valence-corrected chi connectivity index (χ4v) is 1.97. The maximum absolute atomic E-state index is 11.8. The van der Waals surface area contributed by atoms with Gasteiger partial charge in [-0.15, -0.1) is 0 Å². The molecule has 0 aliphatic heterocycles. The quantitative estimate of drug-likeness (QED) is 0.732. The molecule has 1 heterocycles. The summed E-state index contributed by atoms with van der Waals surface area (Å²) < 4.78 is 1.65. The number of carbonyl (C=O) groups is 2. The highest BCUT2D eigenvalue weighted by Gasteiger charge is 2.09. The zero-order valence-corrected chi connectivity index (χ0v) is 12.5. The molecule has 0 bridgehead atoms. The third-order valence-corrected chi connectivity index (χ3v) is 3.34. The second kappa shape index (κ2) is 8.24. The zero-order chi connectivity index (χ0) is 15.8. The maximum Gasteiger partial charge on any atom is 0.305 e. The molecule has 0 saturated heterocycles. The van der Waals surface area contributed by atoms with Gasteiger partial charge in [0.2, 0.25) is 5.91 Å². The Balaban J connectivity index is 2.30. The monoisotopic (exact) mass is 294 g/mol. The minimum atomic E-state index is -0.909. The van der Waals surface area contributed by atoms with Gasteiger partial charge in [-0.25, -0.2) is 0 Å². The van der Waals surface area contributed by atoms with Crippen LogP contribution in [0.2, 0.25) is 0 Å². The van der Waals surface area contributed by atoms with Crippen molar-refractivity contribution in [2.75, 3.05) is 13.6 Å². The number of carboxylic acid groups (broad SMARTS) is 1. The summed E-state index contributed by atoms with van der Waals surface area (Å²) >= 11 is 0. The van der Waals surface area contributed by atoms with E-state index >= 15 is 0 Å². The fraction of sp³-hybridized carbons (Fsp3) is 0.533. The summed E-state index contributed by atoms with van der Waals surface area (Å²) in [6.07, 6.45) is 3.49. The third kappa shape index (κ3) is 5.81. The molecule has 6 heteroatoms. The summed E-state index contributed by atoms with van der Waals surface area (Å²) in [6.45, 7) is 2.60. The van der Waals surface area contributed by atoms with Gasteiger partial charge in [-0.2, -0.15) is 0 Å². The number of aromatic nitrogens is 1. The molecule has 1 N–H and O–H groups in total. The van der Waals surface area contributed by atoms with E-state index in [1.54, 1.807) is 30.8 Å². The van der Waals surface area contributed by atoms with Crippen molar-refractivity contribution >= 4 is 11.9 Å². The van der Waals surface area contributed by atoms with E-state index in [1.165, 1.54) is 4.90 Å². The highest BCUT2D eigenvalue weighted by atomic mass is 16.4. The molecule has 1 aromatic heterocycles. The molecule has 116 valence electrons. The van der Waals surface area contributed by atoms with E-state index in [4.69, 9.17) is 5.11 Å². The molecule has 0 atom stereocenters. The molecule has 1 aromatic rings. The SMILES string of the molecule is Cc1cccn(CCCCC(=O)N(C)CCC(=O)O)c1=O. The van der Waals surface area contributed by atoms with Crippen LogP contribution in [0.5, 0.6) is 0 Å². The van der Waals surface area contributed by atoms with Crippen molar-refractivity contribution in [3.8, 4) is 0 Å². The smallest absolute Gasteiger partial charge is 0.305 e. The second-order valence-corrected chi connectivity index (χ2v) is 5.11. The largest absolute Gasteiger partial charge is 0.481 e. The van der Waals surface area contributed by atoms with Crippen molar-refractivity contribution < 1.29 is 14.7 Å². The zero-order valence-electron chi connectivity index (χ0n) is 12.5. The Morgan fingerprint density at radius 1 is 1.29 bits per heavy atom. The minimum absolute atomic E-state index is 0.00222. The number of hydrogen-bond acceptors (Lipinski definition) is 3. The number of pyridine rings is 1. The van der Waals surface area contributed by atoms with Crippen LogP contribution in [-0.2, 0) is 16.1 Å². The normalized spacial score (nSPS) is 10.4. The number of unbranched alkanes of at least 4 members (excludes halogenated alkanes) is 1. The summed E-state index contributed by atoms with van der Waals surface area (Å²) in [5.41, 5.74) is 0.712. The molecule has 0 aromatic carbocycles. The van der Waals surface area contributed by atoms with Crippen LogP contribution < -0.4 is 5.56 Å². The standard InChI is InChI=1S/C15H22N2O4/c1-12-6-5-10-17(15(12)21)9-4-3-7-13(18)16(2)11-8-14(19)20/h5-6,10H,3-4,7-9,11H2,1-2H3,(H,19,20). The molecule has 21 heavy (non-hydrogen) atoms. The Morgan fingerprint density at radius 3 is 2.67 bits per heavy atom. The first-order valence-electron chi connectivity index (χ1n) is 7.03. The highest BCUT2D eigenvalue weighted by Crippen LogP contribution is 2.02. The van der Waals surface area contributed by atoms with E-state index in [0.717, 1.165) is 6.42 Å². The van der Waals surface area contributed by atoms with E-state index in [1.807, 2.05) is 6.07 Å². The molecule has 0 radical (unpaired) electrons. The van der Waals surface area contributed by atoms with Crippen LogP contribution >= 0.6 is 0 Å². The molecule has 0 aliphatic rings. The number of carboxylic acids is 1. The molecular formula is C15H22N2O4. The average Bonchev–Trinajstić information content (AvgIpc) is 2.44. The summed E-state index contributed by atoms with van der Waals surface area (Å²) in [5.74, 6) is -0.971. The van der Waals surface area contributed by atoms with Crippen molar-refractivity contribution in [2.24, 2.45) is 0 Å². The van der Waals surface area contributed by atoms with Gasteiger partial charge in [-0.3, -0.25) is 14.4 Å². The predicted octanol–water partition coefficient (Wildman–Crippen LogP) is 1.26. The van der Waals surface area contributed by atoms with Crippen LogP contribution in [0.4, 0.5) is 0 Å². The molecular weight excluding hydrogens is 272 g/mol. The predicted molar refractivity (Wildman–Crippen MR) is 79.2 cm³/mol. The summed E-state index contributed by atoms with van der Waals surface area (Å²) in [4.78, 5) is 35.4. The first-order valence-corrected chi connectivity index (χ1v) is 7.03. The number of aliphatic carboxylic acids is 1. The number of rotatable bonds is 8. The summed E-state index contributed by atoms with van der Waals surface area (Å²) in [5, 5.41) is 8.56. The summed E-state index contributed by atoms with van der Waals surface area (Å²) in [6, 6.07) is 3.61. The number of amides is 1. The third-order valence-electron chi connectivity index (χ3n) is 3.34. The minimum Gasteiger partial charge on any atom is -0.481 e. The molecule has 1 rings (SSSR count). The van der Waals surface area contributed by atoms with Gasteiger partial charge in [0.15, 0.2) is 0 Å².